The van der Waals surface area contributed by atoms with Crippen molar-refractivity contribution >= 4 is 23.5 Å². The zero-order valence-electron chi connectivity index (χ0n) is 14.0. The largest absolute Gasteiger partial charge is 0.457 e. The highest BCUT2D eigenvalue weighted by Gasteiger charge is 2.26. The number of carbonyl (C=O) groups excluding carboxylic acids is 2. The minimum atomic E-state index is -1.19. The van der Waals surface area contributed by atoms with Crippen molar-refractivity contribution in [2.45, 2.75) is 12.6 Å². The Kier molecular flexibility index (Phi) is 5.88. The van der Waals surface area contributed by atoms with Crippen LogP contribution in [0, 0.1) is 5.82 Å². The molecule has 1 atom stereocenters. The summed E-state index contributed by atoms with van der Waals surface area (Å²) in [5.41, 5.74) is 1.16. The van der Waals surface area contributed by atoms with E-state index in [0.717, 1.165) is 0 Å². The van der Waals surface area contributed by atoms with Crippen LogP contribution in [0.4, 0.5) is 4.39 Å². The fraction of sp³-hybridized carbons (Fsp3) is 0.100. The Morgan fingerprint density at radius 1 is 1.07 bits per heavy atom. The monoisotopic (exact) mass is 387 g/mol. The summed E-state index contributed by atoms with van der Waals surface area (Å²) in [6.45, 7) is 0.154. The van der Waals surface area contributed by atoms with Crippen LogP contribution >= 0.6 is 11.6 Å². The Morgan fingerprint density at radius 3 is 2.41 bits per heavy atom. The van der Waals surface area contributed by atoms with Gasteiger partial charge in [0.1, 0.15) is 5.82 Å². The van der Waals surface area contributed by atoms with Gasteiger partial charge in [0.05, 0.1) is 6.26 Å². The molecule has 138 valence electrons. The molecule has 3 rings (SSSR count). The van der Waals surface area contributed by atoms with Crippen molar-refractivity contribution in [2.24, 2.45) is 0 Å². The number of carbonyl (C=O) groups is 2. The number of halogens is 2. The molecule has 0 fully saturated rings. The topological polar surface area (TPSA) is 68.5 Å². The summed E-state index contributed by atoms with van der Waals surface area (Å²) < 4.78 is 23.3. The molecule has 0 radical (unpaired) electrons. The Morgan fingerprint density at radius 2 is 1.78 bits per heavy atom. The molecule has 0 bridgehead atoms. The predicted octanol–water partition coefficient (Wildman–Crippen LogP) is 4.29. The molecule has 0 saturated carbocycles. The standard InChI is InChI=1S/C20H15ClFNO4/c21-15-7-5-14(6-8-15)18(27-20(25)17-2-1-11-26-17)19(24)23-12-13-3-9-16(22)10-4-13/h1-11,18H,12H2,(H,23,24)/t18-/m0/s1. The fourth-order valence-electron chi connectivity index (χ4n) is 2.35. The van der Waals surface area contributed by atoms with Gasteiger partial charge < -0.3 is 14.5 Å². The zero-order chi connectivity index (χ0) is 19.2. The first-order valence-corrected chi connectivity index (χ1v) is 8.43. The molecule has 1 heterocycles. The molecule has 0 aliphatic heterocycles. The second kappa shape index (κ2) is 8.51. The molecule has 0 spiro atoms. The van der Waals surface area contributed by atoms with Crippen LogP contribution in [0.2, 0.25) is 5.02 Å². The minimum absolute atomic E-state index is 0.0136. The normalized spacial score (nSPS) is 11.6. The Balaban J connectivity index is 1.75. The van der Waals surface area contributed by atoms with Crippen molar-refractivity contribution in [3.8, 4) is 0 Å². The van der Waals surface area contributed by atoms with Crippen molar-refractivity contribution in [1.82, 2.24) is 5.32 Å². The van der Waals surface area contributed by atoms with Crippen LogP contribution in [0.25, 0.3) is 0 Å². The first kappa shape index (κ1) is 18.7. The lowest BCUT2D eigenvalue weighted by Crippen LogP contribution is -2.31. The van der Waals surface area contributed by atoms with E-state index < -0.39 is 18.0 Å². The molecule has 5 nitrogen and oxygen atoms in total. The van der Waals surface area contributed by atoms with Crippen LogP contribution in [0.1, 0.15) is 27.8 Å². The molecule has 27 heavy (non-hydrogen) atoms. The Labute approximate surface area is 159 Å². The highest BCUT2D eigenvalue weighted by atomic mass is 35.5. The van der Waals surface area contributed by atoms with Crippen molar-refractivity contribution < 1.29 is 23.1 Å². The minimum Gasteiger partial charge on any atom is -0.457 e. The lowest BCUT2D eigenvalue weighted by Gasteiger charge is -2.17. The maximum atomic E-state index is 13.0. The van der Waals surface area contributed by atoms with E-state index in [1.807, 2.05) is 0 Å². The summed E-state index contributed by atoms with van der Waals surface area (Å²) in [6, 6.07) is 15.1. The van der Waals surface area contributed by atoms with Crippen LogP contribution < -0.4 is 5.32 Å². The van der Waals surface area contributed by atoms with Crippen LogP contribution in [-0.2, 0) is 16.1 Å². The summed E-state index contributed by atoms with van der Waals surface area (Å²) in [4.78, 5) is 24.9. The van der Waals surface area contributed by atoms with E-state index in [4.69, 9.17) is 20.8 Å². The van der Waals surface area contributed by atoms with Crippen LogP contribution in [0.3, 0.4) is 0 Å². The number of ether oxygens (including phenoxy) is 1. The number of amides is 1. The third-order valence-electron chi connectivity index (χ3n) is 3.74. The van der Waals surface area contributed by atoms with Crippen LogP contribution in [-0.4, -0.2) is 11.9 Å². The van der Waals surface area contributed by atoms with Crippen LogP contribution in [0.5, 0.6) is 0 Å². The van der Waals surface area contributed by atoms with Gasteiger partial charge in [-0.1, -0.05) is 35.9 Å². The third kappa shape index (κ3) is 4.95. The van der Waals surface area contributed by atoms with Crippen molar-refractivity contribution in [1.29, 1.82) is 0 Å². The maximum absolute atomic E-state index is 13.0. The number of furan rings is 1. The lowest BCUT2D eigenvalue weighted by molar-refractivity contribution is -0.130. The van der Waals surface area contributed by atoms with E-state index in [9.17, 15) is 14.0 Å². The second-order valence-corrected chi connectivity index (χ2v) is 6.09. The second-order valence-electron chi connectivity index (χ2n) is 5.66. The van der Waals surface area contributed by atoms with Gasteiger partial charge in [-0.2, -0.15) is 0 Å². The van der Waals surface area contributed by atoms with Gasteiger partial charge in [0.15, 0.2) is 0 Å². The fourth-order valence-corrected chi connectivity index (χ4v) is 2.48. The van der Waals surface area contributed by atoms with Gasteiger partial charge in [-0.05, 0) is 42.0 Å². The van der Waals surface area contributed by atoms with E-state index in [0.29, 0.717) is 16.1 Å². The molecule has 1 aromatic heterocycles. The van der Waals surface area contributed by atoms with E-state index in [1.165, 1.54) is 24.5 Å². The van der Waals surface area contributed by atoms with Crippen molar-refractivity contribution in [3.63, 3.8) is 0 Å². The Bertz CT molecular complexity index is 908. The molecule has 1 amide bonds. The number of esters is 1. The number of rotatable bonds is 6. The molecular weight excluding hydrogens is 373 g/mol. The van der Waals surface area contributed by atoms with E-state index in [-0.39, 0.29) is 18.1 Å². The summed E-state index contributed by atoms with van der Waals surface area (Å²) in [7, 11) is 0. The average Bonchev–Trinajstić information content (AvgIpc) is 3.21. The SMILES string of the molecule is O=C(O[C@H](C(=O)NCc1ccc(F)cc1)c1ccc(Cl)cc1)c1ccco1. The van der Waals surface area contributed by atoms with Gasteiger partial charge in [0.25, 0.3) is 5.91 Å². The molecule has 0 saturated heterocycles. The van der Waals surface area contributed by atoms with E-state index >= 15 is 0 Å². The quantitative estimate of drug-likeness (QED) is 0.641. The summed E-state index contributed by atoms with van der Waals surface area (Å²) in [6.07, 6.45) is 0.142. The molecule has 1 N–H and O–H groups in total. The van der Waals surface area contributed by atoms with Crippen molar-refractivity contribution in [3.05, 3.63) is 94.7 Å². The molecule has 3 aromatic rings. The predicted molar refractivity (Wildman–Crippen MR) is 96.6 cm³/mol. The number of benzene rings is 2. The van der Waals surface area contributed by atoms with Crippen LogP contribution in [0.15, 0.2) is 71.3 Å². The zero-order valence-corrected chi connectivity index (χ0v) is 14.8. The summed E-state index contributed by atoms with van der Waals surface area (Å²) >= 11 is 5.88. The molecule has 7 heteroatoms. The smallest absolute Gasteiger partial charge is 0.375 e. The molecule has 0 aliphatic carbocycles. The van der Waals surface area contributed by atoms with Gasteiger partial charge in [-0.3, -0.25) is 4.79 Å². The molecule has 0 unspecified atom stereocenters. The van der Waals surface area contributed by atoms with E-state index in [1.54, 1.807) is 42.5 Å². The van der Waals surface area contributed by atoms with Gasteiger partial charge in [0.2, 0.25) is 11.9 Å². The van der Waals surface area contributed by atoms with Gasteiger partial charge >= 0.3 is 5.97 Å². The number of hydrogen-bond acceptors (Lipinski definition) is 4. The molecule has 0 aliphatic rings. The Hall–Kier alpha value is -3.12. The first-order chi connectivity index (χ1) is 13.0. The maximum Gasteiger partial charge on any atom is 0.375 e. The first-order valence-electron chi connectivity index (χ1n) is 8.05. The van der Waals surface area contributed by atoms with Crippen molar-refractivity contribution in [2.75, 3.05) is 0 Å². The third-order valence-corrected chi connectivity index (χ3v) is 3.99. The highest BCUT2D eigenvalue weighted by molar-refractivity contribution is 6.30. The van der Waals surface area contributed by atoms with Gasteiger partial charge in [-0.25, -0.2) is 9.18 Å². The van der Waals surface area contributed by atoms with Gasteiger partial charge in [-0.15, -0.1) is 0 Å². The van der Waals surface area contributed by atoms with E-state index in [2.05, 4.69) is 5.32 Å². The summed E-state index contributed by atoms with van der Waals surface area (Å²) in [5.74, 6) is -1.67. The van der Waals surface area contributed by atoms with Gasteiger partial charge in [0, 0.05) is 17.1 Å². The average molecular weight is 388 g/mol. The number of nitrogens with one attached hydrogen (secondary N) is 1. The molecule has 2 aromatic carbocycles. The molecular formula is C20H15ClFNO4. The highest BCUT2D eigenvalue weighted by Crippen LogP contribution is 2.22. The number of hydrogen-bond donors (Lipinski definition) is 1. The lowest BCUT2D eigenvalue weighted by atomic mass is 10.1. The summed E-state index contributed by atoms with van der Waals surface area (Å²) in [5, 5.41) is 3.17.